The van der Waals surface area contributed by atoms with Crippen molar-refractivity contribution >= 4 is 0 Å². The molecule has 2 heteroatoms. The van der Waals surface area contributed by atoms with E-state index in [1.807, 2.05) is 0 Å². The quantitative estimate of drug-likeness (QED) is 0.726. The first-order valence-electron chi connectivity index (χ1n) is 6.16. The molecule has 2 rings (SSSR count). The molecule has 82 valence electrons. The lowest BCUT2D eigenvalue weighted by Crippen LogP contribution is -2.64. The second-order valence-corrected chi connectivity index (χ2v) is 5.37. The molecule has 2 atom stereocenters. The molecule has 1 heterocycles. The first-order chi connectivity index (χ1) is 6.65. The van der Waals surface area contributed by atoms with E-state index in [0.717, 1.165) is 12.1 Å². The molecule has 1 saturated heterocycles. The molecule has 14 heavy (non-hydrogen) atoms. The third-order valence-corrected chi connectivity index (χ3v) is 4.27. The summed E-state index contributed by atoms with van der Waals surface area (Å²) in [4.78, 5) is 2.75. The number of nitrogens with zero attached hydrogens (tertiary/aromatic N) is 1. The van der Waals surface area contributed by atoms with Crippen LogP contribution in [0.2, 0.25) is 0 Å². The third-order valence-electron chi connectivity index (χ3n) is 4.27. The Morgan fingerprint density at radius 1 is 1.43 bits per heavy atom. The SMILES string of the molecule is CCC1CN(C2(C)CCC2)C(C)CN1. The van der Waals surface area contributed by atoms with E-state index >= 15 is 0 Å². The maximum absolute atomic E-state index is 3.63. The molecule has 2 nitrogen and oxygen atoms in total. The van der Waals surface area contributed by atoms with Crippen LogP contribution in [0.3, 0.4) is 0 Å². The molecule has 2 fully saturated rings. The first kappa shape index (κ1) is 10.4. The van der Waals surface area contributed by atoms with Gasteiger partial charge in [-0.3, -0.25) is 4.90 Å². The monoisotopic (exact) mass is 196 g/mol. The number of hydrogen-bond donors (Lipinski definition) is 1. The molecule has 1 aliphatic carbocycles. The maximum atomic E-state index is 3.63. The van der Waals surface area contributed by atoms with E-state index in [1.165, 1.54) is 38.8 Å². The van der Waals surface area contributed by atoms with Gasteiger partial charge in [0.15, 0.2) is 0 Å². The molecule has 0 bridgehead atoms. The fraction of sp³-hybridized carbons (Fsp3) is 1.00. The summed E-state index contributed by atoms with van der Waals surface area (Å²) < 4.78 is 0. The molecule has 0 aromatic heterocycles. The van der Waals surface area contributed by atoms with Crippen LogP contribution in [0.15, 0.2) is 0 Å². The highest BCUT2D eigenvalue weighted by Crippen LogP contribution is 2.39. The first-order valence-corrected chi connectivity index (χ1v) is 6.16. The molecule has 1 aliphatic heterocycles. The summed E-state index contributed by atoms with van der Waals surface area (Å²) in [5, 5.41) is 3.63. The molecule has 0 aromatic rings. The average molecular weight is 196 g/mol. The highest BCUT2D eigenvalue weighted by molar-refractivity contribution is 4.99. The minimum absolute atomic E-state index is 0.537. The van der Waals surface area contributed by atoms with Gasteiger partial charge in [-0.25, -0.2) is 0 Å². The van der Waals surface area contributed by atoms with Crippen LogP contribution in [0.4, 0.5) is 0 Å². The number of rotatable bonds is 2. The Morgan fingerprint density at radius 3 is 2.64 bits per heavy atom. The van der Waals surface area contributed by atoms with E-state index in [0.29, 0.717) is 5.54 Å². The van der Waals surface area contributed by atoms with Crippen molar-refractivity contribution in [2.24, 2.45) is 0 Å². The van der Waals surface area contributed by atoms with Crippen molar-refractivity contribution in [3.05, 3.63) is 0 Å². The number of hydrogen-bond acceptors (Lipinski definition) is 2. The summed E-state index contributed by atoms with van der Waals surface area (Å²) in [7, 11) is 0. The van der Waals surface area contributed by atoms with Crippen LogP contribution in [0, 0.1) is 0 Å². The Labute approximate surface area is 88.1 Å². The van der Waals surface area contributed by atoms with Gasteiger partial charge in [0.2, 0.25) is 0 Å². The lowest BCUT2D eigenvalue weighted by Gasteiger charge is -2.54. The second-order valence-electron chi connectivity index (χ2n) is 5.37. The van der Waals surface area contributed by atoms with E-state index in [9.17, 15) is 0 Å². The average Bonchev–Trinajstić information content (AvgIpc) is 2.15. The van der Waals surface area contributed by atoms with Gasteiger partial charge >= 0.3 is 0 Å². The van der Waals surface area contributed by atoms with Gasteiger partial charge in [-0.05, 0) is 39.5 Å². The van der Waals surface area contributed by atoms with Gasteiger partial charge in [0, 0.05) is 30.7 Å². The van der Waals surface area contributed by atoms with Crippen LogP contribution in [0.5, 0.6) is 0 Å². The Hall–Kier alpha value is -0.0800. The van der Waals surface area contributed by atoms with Crippen molar-refractivity contribution in [3.63, 3.8) is 0 Å². The van der Waals surface area contributed by atoms with Crippen molar-refractivity contribution < 1.29 is 0 Å². The van der Waals surface area contributed by atoms with Crippen molar-refractivity contribution in [2.45, 2.75) is 64.1 Å². The lowest BCUT2D eigenvalue weighted by molar-refractivity contribution is -0.0227. The van der Waals surface area contributed by atoms with Gasteiger partial charge in [0.25, 0.3) is 0 Å². The summed E-state index contributed by atoms with van der Waals surface area (Å²) in [5.74, 6) is 0. The fourth-order valence-electron chi connectivity index (χ4n) is 2.93. The van der Waals surface area contributed by atoms with E-state index in [4.69, 9.17) is 0 Å². The summed E-state index contributed by atoms with van der Waals surface area (Å²) in [6.07, 6.45) is 5.52. The van der Waals surface area contributed by atoms with Gasteiger partial charge in [-0.1, -0.05) is 6.92 Å². The van der Waals surface area contributed by atoms with Gasteiger partial charge in [-0.2, -0.15) is 0 Å². The Balaban J connectivity index is 2.00. The molecule has 0 radical (unpaired) electrons. The molecule has 2 unspecified atom stereocenters. The molecule has 1 saturated carbocycles. The maximum Gasteiger partial charge on any atom is 0.0198 e. The van der Waals surface area contributed by atoms with Crippen molar-refractivity contribution in [2.75, 3.05) is 13.1 Å². The van der Waals surface area contributed by atoms with Crippen LogP contribution < -0.4 is 5.32 Å². The highest BCUT2D eigenvalue weighted by atomic mass is 15.3. The lowest BCUT2D eigenvalue weighted by atomic mass is 9.75. The molecule has 2 aliphatic rings. The van der Waals surface area contributed by atoms with Crippen LogP contribution in [-0.2, 0) is 0 Å². The zero-order chi connectivity index (χ0) is 10.2. The molecular formula is C12H24N2. The minimum atomic E-state index is 0.537. The molecular weight excluding hydrogens is 172 g/mol. The van der Waals surface area contributed by atoms with Crippen LogP contribution in [0.1, 0.15) is 46.5 Å². The highest BCUT2D eigenvalue weighted by Gasteiger charge is 2.42. The van der Waals surface area contributed by atoms with Crippen LogP contribution >= 0.6 is 0 Å². The Kier molecular flexibility index (Phi) is 2.85. The number of nitrogens with one attached hydrogen (secondary N) is 1. The van der Waals surface area contributed by atoms with Gasteiger partial charge in [-0.15, -0.1) is 0 Å². The predicted octanol–water partition coefficient (Wildman–Crippen LogP) is 2.00. The second kappa shape index (κ2) is 3.82. The van der Waals surface area contributed by atoms with E-state index < -0.39 is 0 Å². The van der Waals surface area contributed by atoms with Crippen molar-refractivity contribution in [1.82, 2.24) is 10.2 Å². The Bertz CT molecular complexity index is 198. The fourth-order valence-corrected chi connectivity index (χ4v) is 2.93. The Morgan fingerprint density at radius 2 is 2.14 bits per heavy atom. The van der Waals surface area contributed by atoms with Crippen molar-refractivity contribution in [1.29, 1.82) is 0 Å². The van der Waals surface area contributed by atoms with Crippen molar-refractivity contribution in [3.8, 4) is 0 Å². The van der Waals surface area contributed by atoms with Gasteiger partial charge in [0.05, 0.1) is 0 Å². The van der Waals surface area contributed by atoms with Crippen LogP contribution in [0.25, 0.3) is 0 Å². The standard InChI is InChI=1S/C12H24N2/c1-4-11-9-14(10(2)8-13-11)12(3)6-5-7-12/h10-11,13H,4-9H2,1-3H3. The van der Waals surface area contributed by atoms with E-state index in [-0.39, 0.29) is 0 Å². The minimum Gasteiger partial charge on any atom is -0.311 e. The molecule has 1 N–H and O–H groups in total. The molecule has 0 aromatic carbocycles. The largest absolute Gasteiger partial charge is 0.311 e. The molecule has 0 spiro atoms. The normalized spacial score (nSPS) is 37.9. The molecule has 0 amide bonds. The summed E-state index contributed by atoms with van der Waals surface area (Å²) in [6.45, 7) is 9.53. The van der Waals surface area contributed by atoms with E-state index in [2.05, 4.69) is 31.0 Å². The third kappa shape index (κ3) is 1.70. The van der Waals surface area contributed by atoms with Crippen LogP contribution in [-0.4, -0.2) is 35.6 Å². The van der Waals surface area contributed by atoms with Gasteiger partial charge in [0.1, 0.15) is 0 Å². The predicted molar refractivity (Wildman–Crippen MR) is 60.5 cm³/mol. The summed E-state index contributed by atoms with van der Waals surface area (Å²) in [6, 6.07) is 1.45. The zero-order valence-electron chi connectivity index (χ0n) is 9.84. The summed E-state index contributed by atoms with van der Waals surface area (Å²) in [5.41, 5.74) is 0.537. The number of piperazine rings is 1. The smallest absolute Gasteiger partial charge is 0.0198 e. The summed E-state index contributed by atoms with van der Waals surface area (Å²) >= 11 is 0. The van der Waals surface area contributed by atoms with E-state index in [1.54, 1.807) is 0 Å². The zero-order valence-corrected chi connectivity index (χ0v) is 9.84. The van der Waals surface area contributed by atoms with Gasteiger partial charge < -0.3 is 5.32 Å². The topological polar surface area (TPSA) is 15.3 Å².